The largest absolute Gasteiger partial charge is 0.464 e. The molecule has 0 unspecified atom stereocenters. The molecular weight excluding hydrogens is 358 g/mol. The van der Waals surface area contributed by atoms with Crippen molar-refractivity contribution in [3.63, 3.8) is 0 Å². The molecular formula is C22H21NO5. The monoisotopic (exact) mass is 379 g/mol. The molecule has 0 N–H and O–H groups in total. The first-order valence-electron chi connectivity index (χ1n) is 9.51. The zero-order valence-corrected chi connectivity index (χ0v) is 15.9. The van der Waals surface area contributed by atoms with E-state index in [1.165, 1.54) is 6.26 Å². The lowest BCUT2D eigenvalue weighted by atomic mass is 9.69. The highest BCUT2D eigenvalue weighted by Crippen LogP contribution is 2.42. The fourth-order valence-electron chi connectivity index (χ4n) is 4.24. The van der Waals surface area contributed by atoms with Gasteiger partial charge in [0, 0.05) is 29.3 Å². The molecule has 0 amide bonds. The first-order chi connectivity index (χ1) is 13.5. The molecule has 0 saturated heterocycles. The maximum Gasteiger partial charge on any atom is 0.336 e. The number of rotatable bonds is 3. The van der Waals surface area contributed by atoms with Crippen LogP contribution in [0.2, 0.25) is 0 Å². The van der Waals surface area contributed by atoms with Crippen molar-refractivity contribution in [3.05, 3.63) is 57.6 Å². The summed E-state index contributed by atoms with van der Waals surface area (Å²) >= 11 is 0. The Morgan fingerprint density at radius 1 is 1.21 bits per heavy atom. The van der Waals surface area contributed by atoms with Gasteiger partial charge in [0.25, 0.3) is 0 Å². The van der Waals surface area contributed by atoms with Gasteiger partial charge in [0.2, 0.25) is 0 Å². The smallest absolute Gasteiger partial charge is 0.336 e. The molecule has 6 nitrogen and oxygen atoms in total. The molecule has 4 rings (SSSR count). The summed E-state index contributed by atoms with van der Waals surface area (Å²) in [7, 11) is 0. The normalized spacial score (nSPS) is 22.1. The van der Waals surface area contributed by atoms with E-state index in [4.69, 9.17) is 9.15 Å². The molecule has 2 heterocycles. The summed E-state index contributed by atoms with van der Waals surface area (Å²) in [6, 6.07) is 6.95. The van der Waals surface area contributed by atoms with Crippen molar-refractivity contribution in [3.8, 4) is 0 Å². The predicted molar refractivity (Wildman–Crippen MR) is 104 cm³/mol. The highest BCUT2D eigenvalue weighted by molar-refractivity contribution is 6.11. The average Bonchev–Trinajstić information content (AvgIpc) is 2.68. The zero-order chi connectivity index (χ0) is 19.8. The van der Waals surface area contributed by atoms with Crippen molar-refractivity contribution in [2.75, 3.05) is 6.61 Å². The van der Waals surface area contributed by atoms with Gasteiger partial charge < -0.3 is 9.15 Å². The van der Waals surface area contributed by atoms with Gasteiger partial charge in [0.05, 0.1) is 29.7 Å². The minimum absolute atomic E-state index is 0.00291. The number of allylic oxidation sites excluding steroid dienone is 1. The minimum Gasteiger partial charge on any atom is -0.464 e. The van der Waals surface area contributed by atoms with E-state index in [0.29, 0.717) is 35.1 Å². The fourth-order valence-corrected chi connectivity index (χ4v) is 4.24. The van der Waals surface area contributed by atoms with Crippen molar-refractivity contribution in [2.24, 2.45) is 10.9 Å². The molecule has 28 heavy (non-hydrogen) atoms. The van der Waals surface area contributed by atoms with Crippen LogP contribution in [-0.2, 0) is 14.3 Å². The van der Waals surface area contributed by atoms with Gasteiger partial charge >= 0.3 is 5.97 Å². The average molecular weight is 379 g/mol. The molecule has 2 aromatic rings. The number of ether oxygens (including phenoxy) is 1. The molecule has 0 radical (unpaired) electrons. The third-order valence-corrected chi connectivity index (χ3v) is 5.44. The second kappa shape index (κ2) is 7.19. The van der Waals surface area contributed by atoms with Crippen LogP contribution >= 0.6 is 0 Å². The van der Waals surface area contributed by atoms with E-state index in [2.05, 4.69) is 4.99 Å². The summed E-state index contributed by atoms with van der Waals surface area (Å²) in [5.74, 6) is -1.91. The Balaban J connectivity index is 1.96. The van der Waals surface area contributed by atoms with Crippen LogP contribution in [0.3, 0.4) is 0 Å². The number of para-hydroxylation sites is 1. The number of fused-ring (bicyclic) bond motifs is 2. The fraction of sp³-hybridized carbons (Fsp3) is 0.364. The number of benzene rings is 1. The van der Waals surface area contributed by atoms with Crippen LogP contribution in [0.5, 0.6) is 0 Å². The predicted octanol–water partition coefficient (Wildman–Crippen LogP) is 3.54. The maximum absolute atomic E-state index is 13.3. The number of carbonyl (C=O) groups is 2. The first-order valence-corrected chi connectivity index (χ1v) is 9.51. The third kappa shape index (κ3) is 2.89. The topological polar surface area (TPSA) is 85.9 Å². The minimum atomic E-state index is -0.736. The Labute approximate surface area is 161 Å². The standard InChI is InChI=1S/C22H21NO5/c1-3-27-22(26)18-12(2)23-15-8-6-9-16(24)20(15)19(18)14-11-28-17-10-5-4-7-13(17)21(14)25/h4-5,7,10-11,19-20H,3,6,8-9H2,1-2H3/t19-,20-/m1/s1. The second-order valence-corrected chi connectivity index (χ2v) is 7.11. The van der Waals surface area contributed by atoms with E-state index in [-0.39, 0.29) is 23.4 Å². The SMILES string of the molecule is CCOC(=O)C1=C(C)N=C2CCCC(=O)[C@@H]2[C@@H]1c1coc2ccccc2c1=O. The lowest BCUT2D eigenvalue weighted by Crippen LogP contribution is -2.40. The van der Waals surface area contributed by atoms with Crippen LogP contribution in [0.25, 0.3) is 11.0 Å². The first kappa shape index (κ1) is 18.3. The number of carbonyl (C=O) groups excluding carboxylic acids is 2. The Bertz CT molecular complexity index is 1090. The van der Waals surface area contributed by atoms with Crippen LogP contribution in [-0.4, -0.2) is 24.1 Å². The number of hydrogen-bond acceptors (Lipinski definition) is 6. The van der Waals surface area contributed by atoms with Crippen LogP contribution in [0, 0.1) is 5.92 Å². The van der Waals surface area contributed by atoms with Crippen molar-refractivity contribution in [1.82, 2.24) is 0 Å². The van der Waals surface area contributed by atoms with Crippen LogP contribution in [0.15, 0.2) is 56.0 Å². The number of Topliss-reactive ketones (excluding diaryl/α,β-unsaturated/α-hetero) is 1. The molecule has 0 spiro atoms. The molecule has 1 aliphatic heterocycles. The van der Waals surface area contributed by atoms with E-state index in [1.54, 1.807) is 38.1 Å². The van der Waals surface area contributed by atoms with Gasteiger partial charge in [-0.2, -0.15) is 0 Å². The quantitative estimate of drug-likeness (QED) is 0.762. The summed E-state index contributed by atoms with van der Waals surface area (Å²) in [4.78, 5) is 43.4. The van der Waals surface area contributed by atoms with Gasteiger partial charge in [-0.15, -0.1) is 0 Å². The van der Waals surface area contributed by atoms with Crippen LogP contribution < -0.4 is 5.43 Å². The maximum atomic E-state index is 13.3. The van der Waals surface area contributed by atoms with E-state index in [9.17, 15) is 14.4 Å². The van der Waals surface area contributed by atoms with Crippen molar-refractivity contribution in [2.45, 2.75) is 39.0 Å². The van der Waals surface area contributed by atoms with E-state index in [0.717, 1.165) is 12.1 Å². The Hall–Kier alpha value is -3.02. The lowest BCUT2D eigenvalue weighted by molar-refractivity contribution is -0.139. The van der Waals surface area contributed by atoms with Gasteiger partial charge in [-0.25, -0.2) is 4.79 Å². The van der Waals surface area contributed by atoms with Crippen molar-refractivity contribution in [1.29, 1.82) is 0 Å². The molecule has 2 aliphatic rings. The van der Waals surface area contributed by atoms with Crippen LogP contribution in [0.4, 0.5) is 0 Å². The van der Waals surface area contributed by atoms with Crippen LogP contribution in [0.1, 0.15) is 44.6 Å². The Morgan fingerprint density at radius 2 is 2.00 bits per heavy atom. The molecule has 144 valence electrons. The molecule has 1 aromatic carbocycles. The summed E-state index contributed by atoms with van der Waals surface area (Å²) < 4.78 is 10.9. The Kier molecular flexibility index (Phi) is 4.71. The number of hydrogen-bond donors (Lipinski definition) is 0. The summed E-state index contributed by atoms with van der Waals surface area (Å²) in [5.41, 5.74) is 2.04. The Morgan fingerprint density at radius 3 is 2.79 bits per heavy atom. The number of nitrogens with zero attached hydrogens (tertiary/aromatic N) is 1. The van der Waals surface area contributed by atoms with Crippen molar-refractivity contribution < 1.29 is 18.7 Å². The number of aliphatic imine (C=N–C) groups is 1. The van der Waals surface area contributed by atoms with E-state index < -0.39 is 17.8 Å². The molecule has 2 atom stereocenters. The highest BCUT2D eigenvalue weighted by atomic mass is 16.5. The van der Waals surface area contributed by atoms with Gasteiger partial charge in [-0.05, 0) is 38.8 Å². The summed E-state index contributed by atoms with van der Waals surface area (Å²) in [5, 5.41) is 0.424. The summed E-state index contributed by atoms with van der Waals surface area (Å²) in [6.07, 6.45) is 3.20. The van der Waals surface area contributed by atoms with Crippen molar-refractivity contribution >= 4 is 28.4 Å². The molecule has 1 aromatic heterocycles. The number of esters is 1. The second-order valence-electron chi connectivity index (χ2n) is 7.11. The molecule has 6 heteroatoms. The number of ketones is 1. The third-order valence-electron chi connectivity index (χ3n) is 5.44. The van der Waals surface area contributed by atoms with Gasteiger partial charge in [-0.3, -0.25) is 14.6 Å². The molecule has 1 fully saturated rings. The summed E-state index contributed by atoms with van der Waals surface area (Å²) in [6.45, 7) is 3.64. The van der Waals surface area contributed by atoms with E-state index >= 15 is 0 Å². The molecule has 1 saturated carbocycles. The van der Waals surface area contributed by atoms with Gasteiger partial charge in [0.1, 0.15) is 11.4 Å². The molecule has 0 bridgehead atoms. The lowest BCUT2D eigenvalue weighted by Gasteiger charge is -2.34. The van der Waals surface area contributed by atoms with E-state index in [1.807, 2.05) is 0 Å². The molecule has 1 aliphatic carbocycles. The highest BCUT2D eigenvalue weighted by Gasteiger charge is 2.45. The van der Waals surface area contributed by atoms with Gasteiger partial charge in [-0.1, -0.05) is 12.1 Å². The van der Waals surface area contributed by atoms with Gasteiger partial charge in [0.15, 0.2) is 5.43 Å². The zero-order valence-electron chi connectivity index (χ0n) is 15.9.